The Morgan fingerprint density at radius 3 is 2.85 bits per heavy atom. The molecular formula is C12H14Cl2N4OS. The number of benzene rings is 1. The van der Waals surface area contributed by atoms with E-state index in [9.17, 15) is 4.79 Å². The Labute approximate surface area is 132 Å². The first-order valence-electron chi connectivity index (χ1n) is 5.79. The Kier molecular flexibility index (Phi) is 6.19. The molecule has 0 unspecified atom stereocenters. The molecule has 1 aromatic carbocycles. The van der Waals surface area contributed by atoms with Gasteiger partial charge in [-0.05, 0) is 24.6 Å². The number of halogens is 2. The van der Waals surface area contributed by atoms with Crippen LogP contribution in [0.25, 0.3) is 0 Å². The minimum Gasteiger partial charge on any atom is -0.399 e. The van der Waals surface area contributed by atoms with Gasteiger partial charge >= 0.3 is 0 Å². The molecule has 108 valence electrons. The van der Waals surface area contributed by atoms with Crippen molar-refractivity contribution < 1.29 is 4.79 Å². The lowest BCUT2D eigenvalue weighted by molar-refractivity contribution is 0.102. The molecule has 1 heterocycles. The number of amides is 1. The van der Waals surface area contributed by atoms with E-state index in [0.717, 1.165) is 17.8 Å². The smallest absolute Gasteiger partial charge is 0.259 e. The van der Waals surface area contributed by atoms with Crippen LogP contribution >= 0.6 is 35.3 Å². The molecule has 0 radical (unpaired) electrons. The summed E-state index contributed by atoms with van der Waals surface area (Å²) in [6.45, 7) is 2.06. The molecule has 1 amide bonds. The zero-order valence-electron chi connectivity index (χ0n) is 10.7. The van der Waals surface area contributed by atoms with E-state index in [0.29, 0.717) is 21.4 Å². The van der Waals surface area contributed by atoms with E-state index >= 15 is 0 Å². The van der Waals surface area contributed by atoms with Crippen LogP contribution in [0.2, 0.25) is 5.02 Å². The van der Waals surface area contributed by atoms with Crippen molar-refractivity contribution in [1.29, 1.82) is 0 Å². The summed E-state index contributed by atoms with van der Waals surface area (Å²) in [6.07, 6.45) is 1.85. The lowest BCUT2D eigenvalue weighted by atomic mass is 10.2. The molecule has 20 heavy (non-hydrogen) atoms. The molecule has 3 N–H and O–H groups in total. The number of hydrogen-bond donors (Lipinski definition) is 2. The first kappa shape index (κ1) is 16.7. The molecule has 0 saturated carbocycles. The van der Waals surface area contributed by atoms with E-state index < -0.39 is 0 Å². The molecule has 8 heteroatoms. The average Bonchev–Trinajstić information content (AvgIpc) is 2.76. The van der Waals surface area contributed by atoms with Gasteiger partial charge in [-0.3, -0.25) is 10.1 Å². The molecule has 0 atom stereocenters. The lowest BCUT2D eigenvalue weighted by Gasteiger charge is -2.04. The van der Waals surface area contributed by atoms with E-state index in [-0.39, 0.29) is 18.3 Å². The Morgan fingerprint density at radius 2 is 2.20 bits per heavy atom. The summed E-state index contributed by atoms with van der Waals surface area (Å²) in [4.78, 5) is 12.0. The van der Waals surface area contributed by atoms with Crippen LogP contribution in [0.15, 0.2) is 18.2 Å². The number of hydrogen-bond acceptors (Lipinski definition) is 5. The van der Waals surface area contributed by atoms with Crippen molar-refractivity contribution in [2.45, 2.75) is 19.8 Å². The van der Waals surface area contributed by atoms with Crippen molar-refractivity contribution >= 4 is 52.1 Å². The maximum absolute atomic E-state index is 12.0. The van der Waals surface area contributed by atoms with Crippen LogP contribution in [-0.2, 0) is 6.42 Å². The summed E-state index contributed by atoms with van der Waals surface area (Å²) in [6, 6.07) is 4.75. The quantitative estimate of drug-likeness (QED) is 0.840. The molecule has 1 aromatic heterocycles. The highest BCUT2D eigenvalue weighted by Crippen LogP contribution is 2.22. The number of nitrogens with one attached hydrogen (secondary N) is 1. The third-order valence-corrected chi connectivity index (χ3v) is 3.60. The molecule has 0 bridgehead atoms. The van der Waals surface area contributed by atoms with Gasteiger partial charge in [0, 0.05) is 12.1 Å². The first-order valence-corrected chi connectivity index (χ1v) is 6.98. The summed E-state index contributed by atoms with van der Waals surface area (Å²) < 4.78 is 0. The number of nitrogens with zero attached hydrogens (tertiary/aromatic N) is 2. The fourth-order valence-electron chi connectivity index (χ4n) is 1.50. The Balaban J connectivity index is 0.00000200. The van der Waals surface area contributed by atoms with Crippen molar-refractivity contribution in [3.63, 3.8) is 0 Å². The molecule has 0 spiro atoms. The number of carbonyl (C=O) groups excluding carboxylic acids is 1. The Hall–Kier alpha value is -1.37. The molecule has 0 fully saturated rings. The van der Waals surface area contributed by atoms with Crippen LogP contribution in [0.3, 0.4) is 0 Å². The van der Waals surface area contributed by atoms with Crippen molar-refractivity contribution in [2.24, 2.45) is 0 Å². The van der Waals surface area contributed by atoms with Gasteiger partial charge in [0.05, 0.1) is 10.6 Å². The number of rotatable bonds is 4. The molecular weight excluding hydrogens is 319 g/mol. The summed E-state index contributed by atoms with van der Waals surface area (Å²) in [5, 5.41) is 12.3. The van der Waals surface area contributed by atoms with Crippen molar-refractivity contribution in [3.05, 3.63) is 33.8 Å². The second-order valence-electron chi connectivity index (χ2n) is 3.94. The SMILES string of the molecule is CCCc1nnc(NC(=O)c2ccc(N)cc2Cl)s1.Cl. The second kappa shape index (κ2) is 7.42. The molecule has 5 nitrogen and oxygen atoms in total. The maximum Gasteiger partial charge on any atom is 0.259 e. The zero-order valence-corrected chi connectivity index (χ0v) is 13.1. The number of carbonyl (C=O) groups is 1. The predicted molar refractivity (Wildman–Crippen MR) is 85.0 cm³/mol. The number of aryl methyl sites for hydroxylation is 1. The minimum atomic E-state index is -0.316. The van der Waals surface area contributed by atoms with Crippen LogP contribution < -0.4 is 11.1 Å². The largest absolute Gasteiger partial charge is 0.399 e. The van der Waals surface area contributed by atoms with Gasteiger partial charge in [0.25, 0.3) is 5.91 Å². The van der Waals surface area contributed by atoms with Crippen LogP contribution in [0.5, 0.6) is 0 Å². The van der Waals surface area contributed by atoms with Crippen molar-refractivity contribution in [1.82, 2.24) is 10.2 Å². The molecule has 0 saturated heterocycles. The highest BCUT2D eigenvalue weighted by Gasteiger charge is 2.13. The lowest BCUT2D eigenvalue weighted by Crippen LogP contribution is -2.12. The van der Waals surface area contributed by atoms with Gasteiger partial charge in [-0.25, -0.2) is 0 Å². The van der Waals surface area contributed by atoms with Crippen molar-refractivity contribution in [2.75, 3.05) is 11.1 Å². The second-order valence-corrected chi connectivity index (χ2v) is 5.41. The molecule has 0 aliphatic rings. The van der Waals surface area contributed by atoms with Crippen LogP contribution in [-0.4, -0.2) is 16.1 Å². The molecule has 2 aromatic rings. The summed E-state index contributed by atoms with van der Waals surface area (Å²) in [5.74, 6) is -0.316. The molecule has 0 aliphatic carbocycles. The van der Waals surface area contributed by atoms with Gasteiger partial charge in [0.1, 0.15) is 5.01 Å². The van der Waals surface area contributed by atoms with Crippen LogP contribution in [0, 0.1) is 0 Å². The summed E-state index contributed by atoms with van der Waals surface area (Å²) in [5.41, 5.74) is 6.46. The summed E-state index contributed by atoms with van der Waals surface area (Å²) in [7, 11) is 0. The summed E-state index contributed by atoms with van der Waals surface area (Å²) >= 11 is 7.34. The average molecular weight is 333 g/mol. The van der Waals surface area contributed by atoms with Gasteiger partial charge < -0.3 is 5.73 Å². The minimum absolute atomic E-state index is 0. The Morgan fingerprint density at radius 1 is 1.45 bits per heavy atom. The fourth-order valence-corrected chi connectivity index (χ4v) is 2.61. The number of nitrogen functional groups attached to an aromatic ring is 1. The van der Waals surface area contributed by atoms with Gasteiger partial charge in [0.2, 0.25) is 5.13 Å². The third kappa shape index (κ3) is 4.06. The monoisotopic (exact) mass is 332 g/mol. The third-order valence-electron chi connectivity index (χ3n) is 2.39. The first-order chi connectivity index (χ1) is 9.10. The van der Waals surface area contributed by atoms with Crippen molar-refractivity contribution in [3.8, 4) is 0 Å². The number of aromatic nitrogens is 2. The topological polar surface area (TPSA) is 80.9 Å². The Bertz CT molecular complexity index is 603. The normalized spacial score (nSPS) is 9.90. The standard InChI is InChI=1S/C12H13ClN4OS.ClH/c1-2-3-10-16-17-12(19-10)15-11(18)8-5-4-7(14)6-9(8)13;/h4-6H,2-3,14H2,1H3,(H,15,17,18);1H. The van der Waals surface area contributed by atoms with Gasteiger partial charge in [0.15, 0.2) is 0 Å². The highest BCUT2D eigenvalue weighted by molar-refractivity contribution is 7.15. The van der Waals surface area contributed by atoms with Gasteiger partial charge in [-0.15, -0.1) is 22.6 Å². The van der Waals surface area contributed by atoms with E-state index in [1.807, 2.05) is 0 Å². The fraction of sp³-hybridized carbons (Fsp3) is 0.250. The molecule has 2 rings (SSSR count). The van der Waals surface area contributed by atoms with E-state index in [1.165, 1.54) is 11.3 Å². The van der Waals surface area contributed by atoms with Gasteiger partial charge in [-0.1, -0.05) is 29.9 Å². The molecule has 0 aliphatic heterocycles. The number of nitrogens with two attached hydrogens (primary N) is 1. The van der Waals surface area contributed by atoms with Gasteiger partial charge in [-0.2, -0.15) is 0 Å². The van der Waals surface area contributed by atoms with E-state index in [2.05, 4.69) is 22.4 Å². The van der Waals surface area contributed by atoms with E-state index in [4.69, 9.17) is 17.3 Å². The maximum atomic E-state index is 12.0. The highest BCUT2D eigenvalue weighted by atomic mass is 35.5. The van der Waals surface area contributed by atoms with Crippen LogP contribution in [0.1, 0.15) is 28.7 Å². The zero-order chi connectivity index (χ0) is 13.8. The number of anilines is 2. The van der Waals surface area contributed by atoms with Crippen LogP contribution in [0.4, 0.5) is 10.8 Å². The predicted octanol–water partition coefficient (Wildman–Crippen LogP) is 3.40. The van der Waals surface area contributed by atoms with E-state index in [1.54, 1.807) is 18.2 Å².